The van der Waals surface area contributed by atoms with Crippen LogP contribution in [0.3, 0.4) is 0 Å². The molecule has 0 saturated carbocycles. The molecular formula is C28H23BrN4O5S. The van der Waals surface area contributed by atoms with E-state index in [4.69, 9.17) is 9.47 Å². The van der Waals surface area contributed by atoms with Crippen molar-refractivity contribution in [3.05, 3.63) is 83.7 Å². The maximum absolute atomic E-state index is 13.0. The number of halogens is 1. The second-order valence-electron chi connectivity index (χ2n) is 8.63. The van der Waals surface area contributed by atoms with Crippen molar-refractivity contribution >= 4 is 49.9 Å². The summed E-state index contributed by atoms with van der Waals surface area (Å²) in [5, 5.41) is 33.5. The van der Waals surface area contributed by atoms with Gasteiger partial charge in [0.05, 0.1) is 21.6 Å². The van der Waals surface area contributed by atoms with Crippen LogP contribution in [-0.2, 0) is 24.2 Å². The van der Waals surface area contributed by atoms with E-state index in [1.165, 1.54) is 29.5 Å². The second kappa shape index (κ2) is 12.6. The molecule has 0 spiro atoms. The summed E-state index contributed by atoms with van der Waals surface area (Å²) >= 11 is 4.88. The van der Waals surface area contributed by atoms with Gasteiger partial charge in [-0.3, -0.25) is 14.9 Å². The minimum Gasteiger partial charge on any atom is -0.490 e. The predicted molar refractivity (Wildman–Crippen MR) is 151 cm³/mol. The number of thiophene rings is 1. The number of nitrogens with zero attached hydrogens (tertiary/aromatic N) is 3. The molecule has 0 radical (unpaired) electrons. The summed E-state index contributed by atoms with van der Waals surface area (Å²) in [6.45, 7) is 2.31. The van der Waals surface area contributed by atoms with Crippen LogP contribution in [0.1, 0.15) is 46.9 Å². The minimum atomic E-state index is -0.597. The van der Waals surface area contributed by atoms with Crippen LogP contribution in [0.5, 0.6) is 11.5 Å². The highest BCUT2D eigenvalue weighted by Crippen LogP contribution is 2.39. The third-order valence-corrected chi connectivity index (χ3v) is 7.84. The molecule has 198 valence electrons. The third kappa shape index (κ3) is 6.45. The van der Waals surface area contributed by atoms with E-state index in [2.05, 4.69) is 27.3 Å². The molecule has 11 heteroatoms. The zero-order valence-corrected chi connectivity index (χ0v) is 23.4. The Bertz CT molecular complexity index is 1530. The molecule has 1 N–H and O–H groups in total. The van der Waals surface area contributed by atoms with Gasteiger partial charge >= 0.3 is 0 Å². The first-order valence-electron chi connectivity index (χ1n) is 12.1. The molecule has 4 rings (SSSR count). The molecule has 39 heavy (non-hydrogen) atoms. The lowest BCUT2D eigenvalue weighted by Crippen LogP contribution is -2.13. The summed E-state index contributed by atoms with van der Waals surface area (Å²) in [5.74, 6) is 0.216. The van der Waals surface area contributed by atoms with Crippen molar-refractivity contribution in [3.8, 4) is 23.6 Å². The molecule has 0 atom stereocenters. The number of carbonyl (C=O) groups is 1. The van der Waals surface area contributed by atoms with Gasteiger partial charge in [-0.1, -0.05) is 0 Å². The van der Waals surface area contributed by atoms with Crippen LogP contribution < -0.4 is 14.8 Å². The highest BCUT2D eigenvalue weighted by atomic mass is 79.9. The van der Waals surface area contributed by atoms with Gasteiger partial charge in [-0.05, 0) is 95.6 Å². The lowest BCUT2D eigenvalue weighted by atomic mass is 9.96. The highest BCUT2D eigenvalue weighted by molar-refractivity contribution is 9.10. The van der Waals surface area contributed by atoms with Crippen molar-refractivity contribution in [1.29, 1.82) is 10.5 Å². The Kier molecular flexibility index (Phi) is 8.97. The molecule has 1 aliphatic rings. The lowest BCUT2D eigenvalue weighted by Gasteiger charge is -2.15. The molecule has 1 heterocycles. The van der Waals surface area contributed by atoms with Gasteiger partial charge in [0.1, 0.15) is 29.3 Å². The molecule has 0 unspecified atom stereocenters. The Balaban J connectivity index is 1.55. The zero-order valence-electron chi connectivity index (χ0n) is 21.0. The van der Waals surface area contributed by atoms with E-state index < -0.39 is 10.8 Å². The van der Waals surface area contributed by atoms with E-state index in [1.54, 1.807) is 24.3 Å². The number of amides is 1. The quantitative estimate of drug-likeness (QED) is 0.124. The van der Waals surface area contributed by atoms with Gasteiger partial charge in [-0.15, -0.1) is 11.3 Å². The van der Waals surface area contributed by atoms with Crippen molar-refractivity contribution in [3.63, 3.8) is 0 Å². The topological polar surface area (TPSA) is 138 Å². The fourth-order valence-corrected chi connectivity index (χ4v) is 6.01. The number of aryl methyl sites for hydroxylation is 1. The van der Waals surface area contributed by atoms with Crippen molar-refractivity contribution in [1.82, 2.24) is 0 Å². The Morgan fingerprint density at radius 3 is 2.62 bits per heavy atom. The number of ether oxygens (including phenoxy) is 2. The monoisotopic (exact) mass is 606 g/mol. The number of benzene rings is 2. The Labute approximate surface area is 237 Å². The summed E-state index contributed by atoms with van der Waals surface area (Å²) in [6.07, 6.45) is 5.22. The summed E-state index contributed by atoms with van der Waals surface area (Å²) in [4.78, 5) is 24.5. The van der Waals surface area contributed by atoms with E-state index >= 15 is 0 Å². The number of non-ortho nitro benzene ring substituents is 1. The van der Waals surface area contributed by atoms with Crippen LogP contribution >= 0.6 is 27.3 Å². The second-order valence-corrected chi connectivity index (χ2v) is 10.6. The molecule has 0 aliphatic heterocycles. The lowest BCUT2D eigenvalue weighted by molar-refractivity contribution is -0.384. The Morgan fingerprint density at radius 1 is 1.21 bits per heavy atom. The van der Waals surface area contributed by atoms with Gasteiger partial charge in [0.15, 0.2) is 11.5 Å². The van der Waals surface area contributed by atoms with E-state index in [1.807, 2.05) is 13.0 Å². The molecule has 9 nitrogen and oxygen atoms in total. The Hall–Kier alpha value is -4.19. The van der Waals surface area contributed by atoms with Crippen LogP contribution in [0.25, 0.3) is 6.08 Å². The number of nitro groups is 1. The van der Waals surface area contributed by atoms with Crippen LogP contribution in [0, 0.1) is 32.8 Å². The fourth-order valence-electron chi connectivity index (χ4n) is 4.20. The molecular weight excluding hydrogens is 584 g/mol. The van der Waals surface area contributed by atoms with Crippen LogP contribution in [0.15, 0.2) is 46.4 Å². The van der Waals surface area contributed by atoms with Crippen LogP contribution in [0.2, 0.25) is 0 Å². The molecule has 0 saturated heterocycles. The van der Waals surface area contributed by atoms with Gasteiger partial charge in [0, 0.05) is 17.0 Å². The number of nitrogens with one attached hydrogen (secondary N) is 1. The van der Waals surface area contributed by atoms with Crippen molar-refractivity contribution in [2.45, 2.75) is 39.2 Å². The molecule has 2 aromatic carbocycles. The molecule has 3 aromatic rings. The molecule has 0 fully saturated rings. The number of nitro benzene ring substituents is 1. The first-order valence-corrected chi connectivity index (χ1v) is 13.8. The number of hydrogen-bond donors (Lipinski definition) is 1. The number of rotatable bonds is 9. The zero-order chi connectivity index (χ0) is 27.9. The first-order chi connectivity index (χ1) is 18.8. The smallest absolute Gasteiger partial charge is 0.269 e. The normalized spacial score (nSPS) is 12.6. The van der Waals surface area contributed by atoms with Gasteiger partial charge in [-0.2, -0.15) is 10.5 Å². The highest BCUT2D eigenvalue weighted by Gasteiger charge is 2.23. The van der Waals surface area contributed by atoms with E-state index in [0.29, 0.717) is 38.7 Å². The van der Waals surface area contributed by atoms with E-state index in [9.17, 15) is 25.4 Å². The van der Waals surface area contributed by atoms with Gasteiger partial charge in [0.2, 0.25) is 0 Å². The average molecular weight is 607 g/mol. The van der Waals surface area contributed by atoms with Crippen molar-refractivity contribution in [2.75, 3.05) is 11.9 Å². The number of nitriles is 2. The Morgan fingerprint density at radius 2 is 1.95 bits per heavy atom. The van der Waals surface area contributed by atoms with E-state index in [-0.39, 0.29) is 17.9 Å². The average Bonchev–Trinajstić information content (AvgIpc) is 3.28. The van der Waals surface area contributed by atoms with Crippen LogP contribution in [-0.4, -0.2) is 17.4 Å². The SMILES string of the molecule is CCOc1cc(/C=C(\C#N)C(=O)Nc2sc3c(c2C#N)CCCC3)cc(Br)c1OCc1ccc([N+](=O)[O-])cc1. The van der Waals surface area contributed by atoms with Crippen molar-refractivity contribution in [2.24, 2.45) is 0 Å². The van der Waals surface area contributed by atoms with Crippen molar-refractivity contribution < 1.29 is 19.2 Å². The molecule has 1 aromatic heterocycles. The fraction of sp³-hybridized carbons (Fsp3) is 0.250. The molecule has 1 amide bonds. The first kappa shape index (κ1) is 27.8. The molecule has 1 aliphatic carbocycles. The molecule has 0 bridgehead atoms. The summed E-state index contributed by atoms with van der Waals surface area (Å²) < 4.78 is 12.2. The maximum Gasteiger partial charge on any atom is 0.269 e. The summed E-state index contributed by atoms with van der Waals surface area (Å²) in [6, 6.07) is 13.6. The summed E-state index contributed by atoms with van der Waals surface area (Å²) in [5.41, 5.74) is 2.61. The number of anilines is 1. The van der Waals surface area contributed by atoms with Gasteiger partial charge < -0.3 is 14.8 Å². The summed E-state index contributed by atoms with van der Waals surface area (Å²) in [7, 11) is 0. The number of hydrogen-bond acceptors (Lipinski definition) is 8. The van der Waals surface area contributed by atoms with Gasteiger partial charge in [-0.25, -0.2) is 0 Å². The maximum atomic E-state index is 13.0. The third-order valence-electron chi connectivity index (χ3n) is 6.05. The standard InChI is InChI=1S/C28H23BrN4O5S/c1-2-37-24-13-18(12-23(29)26(24)38-16-17-7-9-20(10-8-17)33(35)36)11-19(14-30)27(34)32-28-22(15-31)21-5-3-4-6-25(21)39-28/h7-13H,2-6,16H2,1H3,(H,32,34)/b19-11+. The number of fused-ring (bicyclic) bond motifs is 1. The van der Waals surface area contributed by atoms with Crippen LogP contribution in [0.4, 0.5) is 10.7 Å². The largest absolute Gasteiger partial charge is 0.490 e. The number of carbonyl (C=O) groups excluding carboxylic acids is 1. The van der Waals surface area contributed by atoms with Gasteiger partial charge in [0.25, 0.3) is 11.6 Å². The van der Waals surface area contributed by atoms with E-state index in [0.717, 1.165) is 41.7 Å². The predicted octanol–water partition coefficient (Wildman–Crippen LogP) is 6.69. The minimum absolute atomic E-state index is 0.00839.